The monoisotopic (exact) mass is 439 g/mol. The van der Waals surface area contributed by atoms with Crippen LogP contribution in [0.3, 0.4) is 0 Å². The van der Waals surface area contributed by atoms with Gasteiger partial charge in [0.05, 0.1) is 43.4 Å². The number of hydrogen-bond acceptors (Lipinski definition) is 8. The van der Waals surface area contributed by atoms with Crippen molar-refractivity contribution in [3.8, 4) is 22.9 Å². The molecule has 162 valence electrons. The van der Waals surface area contributed by atoms with Crippen LogP contribution in [-0.4, -0.2) is 40.8 Å². The topological polar surface area (TPSA) is 83.3 Å². The normalized spacial score (nSPS) is 11.2. The minimum absolute atomic E-state index is 0.224. The fourth-order valence-corrected chi connectivity index (χ4v) is 4.17. The molecule has 0 saturated heterocycles. The lowest BCUT2D eigenvalue weighted by Crippen LogP contribution is -2.02. The van der Waals surface area contributed by atoms with Crippen molar-refractivity contribution < 1.29 is 14.2 Å². The van der Waals surface area contributed by atoms with Crippen molar-refractivity contribution in [3.63, 3.8) is 0 Å². The molecular formula is C22H25N5O3S. The van der Waals surface area contributed by atoms with Crippen molar-refractivity contribution in [2.45, 2.75) is 26.7 Å². The van der Waals surface area contributed by atoms with Crippen LogP contribution in [-0.2, 0) is 0 Å². The maximum absolute atomic E-state index is 5.46. The van der Waals surface area contributed by atoms with Crippen LogP contribution < -0.4 is 19.5 Å². The summed E-state index contributed by atoms with van der Waals surface area (Å²) in [6.45, 7) is 6.25. The maximum Gasteiger partial charge on any atom is 0.203 e. The molecule has 0 atom stereocenters. The summed E-state index contributed by atoms with van der Waals surface area (Å²) in [6.07, 6.45) is 3.62. The van der Waals surface area contributed by atoms with Gasteiger partial charge in [0.2, 0.25) is 5.75 Å². The minimum atomic E-state index is 0.224. The van der Waals surface area contributed by atoms with Gasteiger partial charge in [-0.2, -0.15) is 0 Å². The molecule has 9 heteroatoms. The summed E-state index contributed by atoms with van der Waals surface area (Å²) in [7, 11) is 4.77. The molecule has 0 aliphatic rings. The van der Waals surface area contributed by atoms with Gasteiger partial charge >= 0.3 is 0 Å². The number of fused-ring (bicyclic) bond motifs is 1. The number of aromatic nitrogens is 4. The molecule has 1 N–H and O–H groups in total. The molecular weight excluding hydrogens is 414 g/mol. The van der Waals surface area contributed by atoms with Gasteiger partial charge in [0.15, 0.2) is 17.3 Å². The molecule has 0 aliphatic heterocycles. The van der Waals surface area contributed by atoms with Crippen molar-refractivity contribution in [3.05, 3.63) is 41.4 Å². The molecule has 0 amide bonds. The van der Waals surface area contributed by atoms with E-state index in [-0.39, 0.29) is 5.92 Å². The van der Waals surface area contributed by atoms with Gasteiger partial charge in [-0.05, 0) is 13.0 Å². The Morgan fingerprint density at radius 3 is 2.32 bits per heavy atom. The van der Waals surface area contributed by atoms with E-state index in [2.05, 4.69) is 37.1 Å². The summed E-state index contributed by atoms with van der Waals surface area (Å²) >= 11 is 1.67. The number of methoxy groups -OCH3 is 3. The summed E-state index contributed by atoms with van der Waals surface area (Å²) < 4.78 is 19.2. The SMILES string of the molecule is COc1cc(-n2cnc(Nc3nc(C(C)C)nc4cc(C)sc34)c2)cc(OC)c1OC. The van der Waals surface area contributed by atoms with Crippen LogP contribution in [0.15, 0.2) is 30.7 Å². The van der Waals surface area contributed by atoms with Crippen molar-refractivity contribution >= 4 is 33.2 Å². The molecule has 1 aromatic carbocycles. The van der Waals surface area contributed by atoms with Gasteiger partial charge < -0.3 is 24.1 Å². The zero-order valence-electron chi connectivity index (χ0n) is 18.4. The van der Waals surface area contributed by atoms with Gasteiger partial charge in [-0.15, -0.1) is 11.3 Å². The predicted octanol–water partition coefficient (Wildman–Crippen LogP) is 5.08. The van der Waals surface area contributed by atoms with Crippen LogP contribution in [0.1, 0.15) is 30.5 Å². The second-order valence-corrected chi connectivity index (χ2v) is 8.59. The fourth-order valence-electron chi connectivity index (χ4n) is 3.28. The summed E-state index contributed by atoms with van der Waals surface area (Å²) in [5, 5.41) is 3.37. The fraction of sp³-hybridized carbons (Fsp3) is 0.318. The number of aryl methyl sites for hydroxylation is 1. The first-order chi connectivity index (χ1) is 14.9. The third-order valence-electron chi connectivity index (χ3n) is 4.81. The Morgan fingerprint density at radius 1 is 1.00 bits per heavy atom. The van der Waals surface area contributed by atoms with E-state index in [4.69, 9.17) is 24.2 Å². The molecule has 31 heavy (non-hydrogen) atoms. The molecule has 0 fully saturated rings. The Kier molecular flexibility index (Phi) is 5.69. The number of rotatable bonds is 7. The smallest absolute Gasteiger partial charge is 0.203 e. The van der Waals surface area contributed by atoms with Crippen LogP contribution in [0.2, 0.25) is 0 Å². The predicted molar refractivity (Wildman–Crippen MR) is 123 cm³/mol. The number of hydrogen-bond donors (Lipinski definition) is 1. The molecule has 0 unspecified atom stereocenters. The zero-order valence-corrected chi connectivity index (χ0v) is 19.2. The highest BCUT2D eigenvalue weighted by Gasteiger charge is 2.16. The van der Waals surface area contributed by atoms with Crippen molar-refractivity contribution in [1.29, 1.82) is 0 Å². The molecule has 3 heterocycles. The van der Waals surface area contributed by atoms with Gasteiger partial charge in [0.25, 0.3) is 0 Å². The largest absolute Gasteiger partial charge is 0.493 e. The van der Waals surface area contributed by atoms with Crippen molar-refractivity contribution in [2.75, 3.05) is 26.6 Å². The average molecular weight is 440 g/mol. The second-order valence-electron chi connectivity index (χ2n) is 7.33. The molecule has 8 nitrogen and oxygen atoms in total. The first kappa shape index (κ1) is 20.9. The van der Waals surface area contributed by atoms with Crippen LogP contribution in [0, 0.1) is 6.92 Å². The maximum atomic E-state index is 5.46. The number of nitrogens with one attached hydrogen (secondary N) is 1. The number of anilines is 2. The summed E-state index contributed by atoms with van der Waals surface area (Å²) in [5.41, 5.74) is 1.78. The van der Waals surface area contributed by atoms with Gasteiger partial charge in [0, 0.05) is 22.9 Å². The Labute approximate surface area is 184 Å². The molecule has 0 spiro atoms. The zero-order chi connectivity index (χ0) is 22.1. The van der Waals surface area contributed by atoms with E-state index >= 15 is 0 Å². The highest BCUT2D eigenvalue weighted by Crippen LogP contribution is 2.39. The summed E-state index contributed by atoms with van der Waals surface area (Å²) in [5.74, 6) is 4.17. The van der Waals surface area contributed by atoms with Crippen molar-refractivity contribution in [1.82, 2.24) is 19.5 Å². The van der Waals surface area contributed by atoms with E-state index in [1.54, 1.807) is 39.0 Å². The van der Waals surface area contributed by atoms with Crippen LogP contribution in [0.25, 0.3) is 15.9 Å². The number of nitrogens with zero attached hydrogens (tertiary/aromatic N) is 4. The van der Waals surface area contributed by atoms with Gasteiger partial charge in [-0.25, -0.2) is 15.0 Å². The standard InChI is InChI=1S/C22H25N5O3S/c1-12(2)21-24-15-7-13(3)31-20(15)22(26-21)25-18-10-27(11-23-18)14-8-16(28-4)19(30-6)17(9-14)29-5/h7-12H,1-6H3,(H,24,25,26). The van der Waals surface area contributed by atoms with E-state index in [0.29, 0.717) is 23.1 Å². The Hall–Kier alpha value is -3.33. The second kappa shape index (κ2) is 8.43. The average Bonchev–Trinajstić information content (AvgIpc) is 3.38. The molecule has 0 bridgehead atoms. The number of imidazole rings is 1. The lowest BCUT2D eigenvalue weighted by atomic mass is 10.2. The summed E-state index contributed by atoms with van der Waals surface area (Å²) in [4.78, 5) is 15.2. The Bertz CT molecular complexity index is 1210. The third kappa shape index (κ3) is 4.00. The minimum Gasteiger partial charge on any atom is -0.493 e. The third-order valence-corrected chi connectivity index (χ3v) is 5.85. The molecule has 0 radical (unpaired) electrons. The van der Waals surface area contributed by atoms with Crippen LogP contribution in [0.4, 0.5) is 11.6 Å². The summed E-state index contributed by atoms with van der Waals surface area (Å²) in [6, 6.07) is 5.83. The molecule has 0 aliphatic carbocycles. The van der Waals surface area contributed by atoms with E-state index in [1.807, 2.05) is 22.9 Å². The highest BCUT2D eigenvalue weighted by molar-refractivity contribution is 7.19. The Morgan fingerprint density at radius 2 is 1.71 bits per heavy atom. The highest BCUT2D eigenvalue weighted by atomic mass is 32.1. The first-order valence-corrected chi connectivity index (χ1v) is 10.6. The lowest BCUT2D eigenvalue weighted by Gasteiger charge is -2.14. The first-order valence-electron chi connectivity index (χ1n) is 9.83. The van der Waals surface area contributed by atoms with E-state index in [0.717, 1.165) is 27.5 Å². The van der Waals surface area contributed by atoms with Crippen LogP contribution >= 0.6 is 11.3 Å². The Balaban J connectivity index is 1.71. The molecule has 4 aromatic rings. The van der Waals surface area contributed by atoms with Crippen molar-refractivity contribution in [2.24, 2.45) is 0 Å². The van der Waals surface area contributed by atoms with Gasteiger partial charge in [0.1, 0.15) is 18.0 Å². The van der Waals surface area contributed by atoms with E-state index < -0.39 is 0 Å². The van der Waals surface area contributed by atoms with Gasteiger partial charge in [-0.1, -0.05) is 13.8 Å². The quantitative estimate of drug-likeness (QED) is 0.430. The molecule has 0 saturated carbocycles. The van der Waals surface area contributed by atoms with E-state index in [1.165, 1.54) is 4.88 Å². The molecule has 3 aromatic heterocycles. The van der Waals surface area contributed by atoms with Crippen LogP contribution in [0.5, 0.6) is 17.2 Å². The van der Waals surface area contributed by atoms with Gasteiger partial charge in [-0.3, -0.25) is 0 Å². The number of ether oxygens (including phenoxy) is 3. The lowest BCUT2D eigenvalue weighted by molar-refractivity contribution is 0.324. The number of benzene rings is 1. The van der Waals surface area contributed by atoms with E-state index in [9.17, 15) is 0 Å². The molecule has 4 rings (SSSR count). The number of thiophene rings is 1.